The Labute approximate surface area is 92.9 Å². The van der Waals surface area contributed by atoms with Crippen LogP contribution in [-0.2, 0) is 0 Å². The van der Waals surface area contributed by atoms with E-state index in [1.54, 1.807) is 0 Å². The lowest BCUT2D eigenvalue weighted by atomic mass is 9.70. The molecule has 0 nitrogen and oxygen atoms in total. The third-order valence-electron chi connectivity index (χ3n) is 2.06. The first-order chi connectivity index (χ1) is 10.2. The van der Waals surface area contributed by atoms with Gasteiger partial charge < -0.3 is 0 Å². The van der Waals surface area contributed by atoms with E-state index in [-0.39, 0.29) is 5.57 Å². The molecule has 0 amide bonds. The summed E-state index contributed by atoms with van der Waals surface area (Å²) in [6.45, 7) is 2.32. The summed E-state index contributed by atoms with van der Waals surface area (Å²) in [5.74, 6) is -5.52. The van der Waals surface area contributed by atoms with E-state index in [9.17, 15) is 0 Å². The summed E-state index contributed by atoms with van der Waals surface area (Å²) >= 11 is 0. The average molecular weight is 176 g/mol. The van der Waals surface area contributed by atoms with Crippen LogP contribution in [-0.4, -0.2) is 0 Å². The van der Waals surface area contributed by atoms with Crippen molar-refractivity contribution in [1.29, 1.82) is 0 Å². The van der Waals surface area contributed by atoms with E-state index < -0.39 is 55.6 Å². The summed E-state index contributed by atoms with van der Waals surface area (Å²) < 4.78 is 97.5. The molecule has 2 aliphatic carbocycles. The predicted octanol–water partition coefficient (Wildman–Crippen LogP) is 3.92. The van der Waals surface area contributed by atoms with Crippen molar-refractivity contribution < 1.29 is 16.4 Å². The van der Waals surface area contributed by atoms with Crippen LogP contribution in [0.1, 0.15) is 68.6 Å². The van der Waals surface area contributed by atoms with Crippen molar-refractivity contribution in [3.63, 3.8) is 0 Å². The van der Waals surface area contributed by atoms with Crippen LogP contribution in [0.15, 0.2) is 11.1 Å². The Morgan fingerprint density at radius 3 is 2.92 bits per heavy atom. The highest BCUT2D eigenvalue weighted by molar-refractivity contribution is 5.22. The van der Waals surface area contributed by atoms with Gasteiger partial charge in [0.2, 0.25) is 0 Å². The van der Waals surface area contributed by atoms with Crippen LogP contribution in [0, 0.1) is 11.8 Å². The van der Waals surface area contributed by atoms with Crippen molar-refractivity contribution in [3.8, 4) is 0 Å². The lowest BCUT2D eigenvalue weighted by Crippen LogP contribution is -2.21. The zero-order valence-electron chi connectivity index (χ0n) is 19.2. The van der Waals surface area contributed by atoms with Crippen LogP contribution in [0.2, 0.25) is 0 Å². The van der Waals surface area contributed by atoms with E-state index in [0.717, 1.165) is 6.92 Å². The molecule has 1 fully saturated rings. The van der Waals surface area contributed by atoms with Gasteiger partial charge in [-0.25, -0.2) is 0 Å². The van der Waals surface area contributed by atoms with Crippen LogP contribution in [0.5, 0.6) is 0 Å². The normalized spacial score (nSPS) is 84.5. The van der Waals surface area contributed by atoms with Crippen molar-refractivity contribution in [3.05, 3.63) is 11.1 Å². The first kappa shape index (κ1) is 2.21. The summed E-state index contributed by atoms with van der Waals surface area (Å²) in [6, 6.07) is 0. The highest BCUT2D eigenvalue weighted by Gasteiger charge is 2.28. The van der Waals surface area contributed by atoms with Crippen molar-refractivity contribution in [2.75, 3.05) is 0 Å². The number of fused-ring (bicyclic) bond motifs is 1. The molecule has 0 N–H and O–H groups in total. The molecule has 0 aromatic heterocycles. The maximum Gasteiger partial charge on any atom is 0.0349 e. The van der Waals surface area contributed by atoms with Crippen LogP contribution >= 0.6 is 0 Å². The van der Waals surface area contributed by atoms with Gasteiger partial charge in [-0.3, -0.25) is 0 Å². The molecule has 1 saturated carbocycles. The summed E-state index contributed by atoms with van der Waals surface area (Å²) in [4.78, 5) is 0. The van der Waals surface area contributed by atoms with Gasteiger partial charge in [0, 0.05) is 16.4 Å². The standard InChI is InChI=1S/C12H20/c1-9-5-3-7-11-8-4-6-10(2)12(9)11/h9,11H,3-8H2,1-2H3/i3D2,4D2,5D2,7D2,8D2,9D,11D. The van der Waals surface area contributed by atoms with E-state index >= 15 is 0 Å². The van der Waals surface area contributed by atoms with Gasteiger partial charge in [-0.1, -0.05) is 24.4 Å². The topological polar surface area (TPSA) is 0 Å². The summed E-state index contributed by atoms with van der Waals surface area (Å²) in [6.07, 6.45) is -16.2. The zero-order valence-corrected chi connectivity index (χ0v) is 7.21. The molecule has 0 radical (unpaired) electrons. The molecule has 0 aromatic carbocycles. The highest BCUT2D eigenvalue weighted by Crippen LogP contribution is 2.42. The van der Waals surface area contributed by atoms with Crippen molar-refractivity contribution in [2.24, 2.45) is 11.8 Å². The lowest BCUT2D eigenvalue weighted by Gasteiger charge is -2.35. The Morgan fingerprint density at radius 2 is 2.08 bits per heavy atom. The molecule has 2 aliphatic rings. The Bertz CT molecular complexity index is 614. The van der Waals surface area contributed by atoms with Gasteiger partial charge in [0.25, 0.3) is 0 Å². The molecule has 12 heavy (non-hydrogen) atoms. The van der Waals surface area contributed by atoms with E-state index in [0.29, 0.717) is 0 Å². The molecular weight excluding hydrogens is 144 g/mol. The average Bonchev–Trinajstić information content (AvgIpc) is 2.33. The maximum atomic E-state index is 8.58. The molecule has 0 heteroatoms. The number of hydrogen-bond donors (Lipinski definition) is 0. The molecule has 0 aromatic rings. The summed E-state index contributed by atoms with van der Waals surface area (Å²) in [7, 11) is 0. The molecule has 0 saturated heterocycles. The number of allylic oxidation sites excluding steroid dienone is 2. The molecule has 0 heterocycles. The monoisotopic (exact) mass is 176 g/mol. The fraction of sp³-hybridized carbons (Fsp3) is 0.833. The van der Waals surface area contributed by atoms with Crippen molar-refractivity contribution in [1.82, 2.24) is 0 Å². The molecule has 0 spiro atoms. The SMILES string of the molecule is [2H]C1([2H])CC(C)=C2C([2H])(C)C([2H])([2H])C([2H])([2H])C([2H])([2H])C2([2H])C1([2H])[2H]. The second-order valence-electron chi connectivity index (χ2n) is 3.01. The number of rotatable bonds is 0. The van der Waals surface area contributed by atoms with Crippen LogP contribution in [0.3, 0.4) is 0 Å². The minimum Gasteiger partial charge on any atom is -0.0736 e. The Balaban J connectivity index is 3.04. The molecule has 2 unspecified atom stereocenters. The maximum absolute atomic E-state index is 8.58. The van der Waals surface area contributed by atoms with E-state index in [1.807, 2.05) is 0 Å². The minimum atomic E-state index is -3.40. The van der Waals surface area contributed by atoms with Gasteiger partial charge in [-0.2, -0.15) is 0 Å². The lowest BCUT2D eigenvalue weighted by molar-refractivity contribution is 0.339. The molecular formula is C12H20. The molecule has 0 aliphatic heterocycles. The van der Waals surface area contributed by atoms with Crippen molar-refractivity contribution >= 4 is 0 Å². The fourth-order valence-corrected chi connectivity index (χ4v) is 1.48. The van der Waals surface area contributed by atoms with Gasteiger partial charge >= 0.3 is 0 Å². The predicted molar refractivity (Wildman–Crippen MR) is 53.1 cm³/mol. The molecule has 2 atom stereocenters. The van der Waals surface area contributed by atoms with E-state index in [4.69, 9.17) is 16.4 Å². The minimum absolute atomic E-state index is 0.0193. The van der Waals surface area contributed by atoms with Crippen molar-refractivity contribution in [2.45, 2.75) is 52.1 Å². The Hall–Kier alpha value is -0.260. The third kappa shape index (κ3) is 1.32. The molecule has 68 valence electrons. The largest absolute Gasteiger partial charge is 0.0736 e. The highest BCUT2D eigenvalue weighted by atomic mass is 14.3. The Kier molecular flexibility index (Phi) is 0.597. The zero-order chi connectivity index (χ0) is 19.4. The first-order valence-corrected chi connectivity index (χ1v) is 3.96. The van der Waals surface area contributed by atoms with Gasteiger partial charge in [0.15, 0.2) is 0 Å². The van der Waals surface area contributed by atoms with Gasteiger partial charge in [-0.15, -0.1) is 0 Å². The fourth-order valence-electron chi connectivity index (χ4n) is 1.48. The van der Waals surface area contributed by atoms with Gasteiger partial charge in [0.05, 0.1) is 0 Å². The Morgan fingerprint density at radius 1 is 1.33 bits per heavy atom. The smallest absolute Gasteiger partial charge is 0.0349 e. The first-order valence-electron chi connectivity index (χ1n) is 9.96. The van der Waals surface area contributed by atoms with E-state index in [2.05, 4.69) is 0 Å². The molecule has 2 rings (SSSR count). The van der Waals surface area contributed by atoms with Gasteiger partial charge in [0.1, 0.15) is 0 Å². The molecule has 0 bridgehead atoms. The van der Waals surface area contributed by atoms with Crippen LogP contribution in [0.4, 0.5) is 0 Å². The summed E-state index contributed by atoms with van der Waals surface area (Å²) in [5.41, 5.74) is -0.494. The third-order valence-corrected chi connectivity index (χ3v) is 2.06. The summed E-state index contributed by atoms with van der Waals surface area (Å²) in [5, 5.41) is 0. The second-order valence-corrected chi connectivity index (χ2v) is 3.01. The second kappa shape index (κ2) is 3.24. The quantitative estimate of drug-likeness (QED) is 0.491. The van der Waals surface area contributed by atoms with E-state index in [1.165, 1.54) is 6.92 Å². The van der Waals surface area contributed by atoms with Crippen LogP contribution in [0.25, 0.3) is 0 Å². The number of hydrogen-bond acceptors (Lipinski definition) is 0. The van der Waals surface area contributed by atoms with Crippen LogP contribution < -0.4 is 0 Å². The van der Waals surface area contributed by atoms with Gasteiger partial charge in [-0.05, 0) is 50.6 Å².